The molecule has 0 bridgehead atoms. The molecule has 0 aliphatic rings. The first-order valence-electron chi connectivity index (χ1n) is 9.68. The fourth-order valence-corrected chi connectivity index (χ4v) is 2.83. The number of hydrogen-bond donors (Lipinski definition) is 2. The molecule has 146 valence electrons. The number of imidazole rings is 1. The summed E-state index contributed by atoms with van der Waals surface area (Å²) in [4.78, 5) is 29.3. The average Bonchev–Trinajstić information content (AvgIpc) is 3.18. The van der Waals surface area contributed by atoms with E-state index in [-0.39, 0.29) is 17.7 Å². The van der Waals surface area contributed by atoms with Crippen molar-refractivity contribution in [1.82, 2.24) is 20.2 Å². The first-order valence-corrected chi connectivity index (χ1v) is 9.68. The van der Waals surface area contributed by atoms with E-state index in [0.29, 0.717) is 18.7 Å². The second kappa shape index (κ2) is 10.5. The Morgan fingerprint density at radius 2 is 2.07 bits per heavy atom. The van der Waals surface area contributed by atoms with Crippen LogP contribution in [0.4, 0.5) is 0 Å². The smallest absolute Gasteiger partial charge is 0.251 e. The maximum atomic E-state index is 12.8. The summed E-state index contributed by atoms with van der Waals surface area (Å²) < 4.78 is 1.94. The third-order valence-corrected chi connectivity index (χ3v) is 4.73. The van der Waals surface area contributed by atoms with E-state index in [1.165, 1.54) is 0 Å². The second-order valence-electron chi connectivity index (χ2n) is 6.92. The molecule has 0 aliphatic heterocycles. The van der Waals surface area contributed by atoms with Crippen LogP contribution in [-0.2, 0) is 11.3 Å². The van der Waals surface area contributed by atoms with Gasteiger partial charge in [-0.05, 0) is 30.0 Å². The molecule has 0 spiro atoms. The number of carbonyl (C=O) groups excluding carboxylic acids is 2. The fourth-order valence-electron chi connectivity index (χ4n) is 2.83. The number of aromatic nitrogens is 2. The lowest BCUT2D eigenvalue weighted by atomic mass is 9.97. The van der Waals surface area contributed by atoms with Crippen LogP contribution in [0.2, 0.25) is 0 Å². The number of nitrogens with one attached hydrogen (secondary N) is 2. The fraction of sp³-hybridized carbons (Fsp3) is 0.476. The summed E-state index contributed by atoms with van der Waals surface area (Å²) in [5.74, 6) is -0.274. The standard InChI is InChI=1S/C21H30N4O2/c1-4-6-10-23-21(27)19(16(3)5-2)24-20(26)18-9-7-8-17(13-18)14-25-12-11-22-15-25/h7-9,11-13,15-16,19H,4-6,10,14H2,1-3H3,(H,23,27)(H,24,26)/t16-,19-/m0/s1. The lowest BCUT2D eigenvalue weighted by molar-refractivity contribution is -0.124. The van der Waals surface area contributed by atoms with Crippen LogP contribution in [0.1, 0.15) is 56.0 Å². The van der Waals surface area contributed by atoms with Crippen molar-refractivity contribution in [2.24, 2.45) is 5.92 Å². The molecular formula is C21H30N4O2. The molecule has 1 aromatic carbocycles. The van der Waals surface area contributed by atoms with Crippen molar-refractivity contribution in [3.05, 3.63) is 54.1 Å². The van der Waals surface area contributed by atoms with Gasteiger partial charge in [0.15, 0.2) is 0 Å². The second-order valence-corrected chi connectivity index (χ2v) is 6.92. The van der Waals surface area contributed by atoms with Gasteiger partial charge in [0, 0.05) is 31.0 Å². The van der Waals surface area contributed by atoms with Gasteiger partial charge in [-0.2, -0.15) is 0 Å². The Bertz CT molecular complexity index is 728. The minimum absolute atomic E-state index is 0.0599. The molecule has 2 N–H and O–H groups in total. The van der Waals surface area contributed by atoms with Crippen molar-refractivity contribution in [3.8, 4) is 0 Å². The maximum Gasteiger partial charge on any atom is 0.251 e. The zero-order valence-electron chi connectivity index (χ0n) is 16.4. The van der Waals surface area contributed by atoms with Gasteiger partial charge < -0.3 is 15.2 Å². The van der Waals surface area contributed by atoms with Crippen LogP contribution < -0.4 is 10.6 Å². The molecular weight excluding hydrogens is 340 g/mol. The summed E-state index contributed by atoms with van der Waals surface area (Å²) in [6, 6.07) is 6.94. The Balaban J connectivity index is 2.06. The molecule has 1 aromatic heterocycles. The van der Waals surface area contributed by atoms with Gasteiger partial charge in [-0.1, -0.05) is 45.7 Å². The zero-order valence-corrected chi connectivity index (χ0v) is 16.4. The molecule has 6 nitrogen and oxygen atoms in total. The molecule has 2 rings (SSSR count). The van der Waals surface area contributed by atoms with Gasteiger partial charge in [0.2, 0.25) is 5.91 Å². The summed E-state index contributed by atoms with van der Waals surface area (Å²) in [5.41, 5.74) is 1.57. The van der Waals surface area contributed by atoms with Gasteiger partial charge in [0.1, 0.15) is 6.04 Å². The average molecular weight is 370 g/mol. The van der Waals surface area contributed by atoms with E-state index in [1.807, 2.05) is 42.8 Å². The highest BCUT2D eigenvalue weighted by atomic mass is 16.2. The monoisotopic (exact) mass is 370 g/mol. The van der Waals surface area contributed by atoms with Crippen molar-refractivity contribution < 1.29 is 9.59 Å². The summed E-state index contributed by atoms with van der Waals surface area (Å²) in [5, 5.41) is 5.86. The molecule has 6 heteroatoms. The van der Waals surface area contributed by atoms with Gasteiger partial charge in [0.05, 0.1) is 6.33 Å². The highest BCUT2D eigenvalue weighted by molar-refractivity contribution is 5.97. The van der Waals surface area contributed by atoms with E-state index >= 15 is 0 Å². The molecule has 1 heterocycles. The molecule has 27 heavy (non-hydrogen) atoms. The molecule has 0 aliphatic carbocycles. The number of rotatable bonds is 10. The topological polar surface area (TPSA) is 76.0 Å². The van der Waals surface area contributed by atoms with Crippen LogP contribution in [0.25, 0.3) is 0 Å². The molecule has 2 atom stereocenters. The molecule has 2 aromatic rings. The molecule has 0 unspecified atom stereocenters. The lowest BCUT2D eigenvalue weighted by Gasteiger charge is -2.23. The van der Waals surface area contributed by atoms with Gasteiger partial charge in [-0.25, -0.2) is 4.98 Å². The number of nitrogens with zero attached hydrogens (tertiary/aromatic N) is 2. The van der Waals surface area contributed by atoms with Gasteiger partial charge in [-0.15, -0.1) is 0 Å². The highest BCUT2D eigenvalue weighted by Gasteiger charge is 2.26. The quantitative estimate of drug-likeness (QED) is 0.631. The molecule has 0 saturated carbocycles. The van der Waals surface area contributed by atoms with Crippen LogP contribution in [0.15, 0.2) is 43.0 Å². The Labute approximate surface area is 161 Å². The molecule has 0 fully saturated rings. The number of benzene rings is 1. The Hall–Kier alpha value is -2.63. The third-order valence-electron chi connectivity index (χ3n) is 4.73. The normalized spacial score (nSPS) is 13.0. The minimum Gasteiger partial charge on any atom is -0.354 e. The van der Waals surface area contributed by atoms with E-state index < -0.39 is 6.04 Å². The summed E-state index contributed by atoms with van der Waals surface area (Å²) in [7, 11) is 0. The van der Waals surface area contributed by atoms with Crippen LogP contribution in [0.3, 0.4) is 0 Å². The number of carbonyl (C=O) groups is 2. The van der Waals surface area contributed by atoms with Crippen LogP contribution in [-0.4, -0.2) is 34.0 Å². The number of hydrogen-bond acceptors (Lipinski definition) is 3. The van der Waals surface area contributed by atoms with E-state index in [0.717, 1.165) is 24.8 Å². The van der Waals surface area contributed by atoms with Crippen molar-refractivity contribution in [1.29, 1.82) is 0 Å². The predicted molar refractivity (Wildman–Crippen MR) is 106 cm³/mol. The first-order chi connectivity index (χ1) is 13.0. The predicted octanol–water partition coefficient (Wildman–Crippen LogP) is 2.99. The van der Waals surface area contributed by atoms with E-state index in [1.54, 1.807) is 18.6 Å². The van der Waals surface area contributed by atoms with Gasteiger partial charge in [-0.3, -0.25) is 9.59 Å². The summed E-state index contributed by atoms with van der Waals surface area (Å²) in [6.07, 6.45) is 8.11. The Morgan fingerprint density at radius 1 is 1.26 bits per heavy atom. The van der Waals surface area contributed by atoms with Gasteiger partial charge >= 0.3 is 0 Å². The van der Waals surface area contributed by atoms with Crippen molar-refractivity contribution in [2.75, 3.05) is 6.54 Å². The van der Waals surface area contributed by atoms with Crippen LogP contribution >= 0.6 is 0 Å². The first kappa shape index (κ1) is 20.7. The number of amides is 2. The maximum absolute atomic E-state index is 12.8. The summed E-state index contributed by atoms with van der Waals surface area (Å²) in [6.45, 7) is 7.37. The van der Waals surface area contributed by atoms with E-state index in [4.69, 9.17) is 0 Å². The molecule has 0 saturated heterocycles. The van der Waals surface area contributed by atoms with Crippen molar-refractivity contribution in [2.45, 2.75) is 52.6 Å². The largest absolute Gasteiger partial charge is 0.354 e. The zero-order chi connectivity index (χ0) is 19.6. The van der Waals surface area contributed by atoms with Crippen molar-refractivity contribution in [3.63, 3.8) is 0 Å². The highest BCUT2D eigenvalue weighted by Crippen LogP contribution is 2.12. The lowest BCUT2D eigenvalue weighted by Crippen LogP contribution is -2.50. The summed E-state index contributed by atoms with van der Waals surface area (Å²) >= 11 is 0. The van der Waals surface area contributed by atoms with Gasteiger partial charge in [0.25, 0.3) is 5.91 Å². The van der Waals surface area contributed by atoms with Crippen LogP contribution in [0, 0.1) is 5.92 Å². The number of unbranched alkanes of at least 4 members (excludes halogenated alkanes) is 1. The van der Waals surface area contributed by atoms with E-state index in [9.17, 15) is 9.59 Å². The Morgan fingerprint density at radius 3 is 2.74 bits per heavy atom. The van der Waals surface area contributed by atoms with Crippen LogP contribution in [0.5, 0.6) is 0 Å². The minimum atomic E-state index is -0.531. The van der Waals surface area contributed by atoms with Crippen molar-refractivity contribution >= 4 is 11.8 Å². The van der Waals surface area contributed by atoms with E-state index in [2.05, 4.69) is 22.5 Å². The molecule has 2 amide bonds. The third kappa shape index (κ3) is 6.24. The molecule has 0 radical (unpaired) electrons. The SMILES string of the molecule is CCCCNC(=O)[C@@H](NC(=O)c1cccc(Cn2ccnc2)c1)[C@@H](C)CC. The Kier molecular flexibility index (Phi) is 8.04.